The van der Waals surface area contributed by atoms with Crippen LogP contribution in [-0.2, 0) is 6.42 Å². The van der Waals surface area contributed by atoms with Gasteiger partial charge in [-0.15, -0.1) is 0 Å². The first-order valence-corrected chi connectivity index (χ1v) is 8.63. The summed E-state index contributed by atoms with van der Waals surface area (Å²) in [5, 5.41) is 0. The summed E-state index contributed by atoms with van der Waals surface area (Å²) < 4.78 is 5.23. The molecule has 0 aliphatic carbocycles. The van der Waals surface area contributed by atoms with Crippen LogP contribution < -0.4 is 4.74 Å². The SMILES string of the molecule is COc1ccc2nc(CCN(C)C(=O)c3cccc4nccnc34)[nH]c2c1. The van der Waals surface area contributed by atoms with Gasteiger partial charge in [0.25, 0.3) is 5.91 Å². The van der Waals surface area contributed by atoms with Gasteiger partial charge in [0.2, 0.25) is 0 Å². The van der Waals surface area contributed by atoms with Gasteiger partial charge in [-0.25, -0.2) is 4.98 Å². The molecule has 0 radical (unpaired) electrons. The molecule has 0 spiro atoms. The second kappa shape index (κ2) is 7.03. The molecule has 7 nitrogen and oxygen atoms in total. The number of aromatic nitrogens is 4. The van der Waals surface area contributed by atoms with E-state index in [1.54, 1.807) is 37.5 Å². The summed E-state index contributed by atoms with van der Waals surface area (Å²) in [6, 6.07) is 11.2. The van der Waals surface area contributed by atoms with Crippen LogP contribution in [0.4, 0.5) is 0 Å². The molecule has 0 saturated carbocycles. The Balaban J connectivity index is 1.50. The van der Waals surface area contributed by atoms with Crippen molar-refractivity contribution in [3.8, 4) is 5.75 Å². The van der Waals surface area contributed by atoms with Crippen LogP contribution in [0.2, 0.25) is 0 Å². The van der Waals surface area contributed by atoms with Gasteiger partial charge in [0.15, 0.2) is 0 Å². The molecule has 4 aromatic rings. The molecule has 1 N–H and O–H groups in total. The number of benzene rings is 2. The molecule has 27 heavy (non-hydrogen) atoms. The molecule has 2 aromatic heterocycles. The first-order valence-electron chi connectivity index (χ1n) is 8.63. The molecular formula is C20H19N5O2. The van der Waals surface area contributed by atoms with Crippen LogP contribution in [0.3, 0.4) is 0 Å². The van der Waals surface area contributed by atoms with Gasteiger partial charge < -0.3 is 14.6 Å². The molecule has 0 atom stereocenters. The largest absolute Gasteiger partial charge is 0.497 e. The number of amides is 1. The van der Waals surface area contributed by atoms with Gasteiger partial charge in [-0.1, -0.05) is 6.07 Å². The van der Waals surface area contributed by atoms with Crippen LogP contribution >= 0.6 is 0 Å². The van der Waals surface area contributed by atoms with E-state index in [9.17, 15) is 4.79 Å². The third kappa shape index (κ3) is 3.31. The molecule has 1 amide bonds. The van der Waals surface area contributed by atoms with Crippen molar-refractivity contribution in [3.63, 3.8) is 0 Å². The van der Waals surface area contributed by atoms with Gasteiger partial charge >= 0.3 is 0 Å². The Morgan fingerprint density at radius 1 is 1.15 bits per heavy atom. The number of nitrogens with zero attached hydrogens (tertiary/aromatic N) is 4. The number of carbonyl (C=O) groups excluding carboxylic acids is 1. The molecule has 0 aliphatic rings. The highest BCUT2D eigenvalue weighted by Gasteiger charge is 2.16. The maximum absolute atomic E-state index is 12.8. The van der Waals surface area contributed by atoms with Gasteiger partial charge in [-0.3, -0.25) is 14.8 Å². The number of aromatic amines is 1. The Bertz CT molecular complexity index is 1120. The summed E-state index contributed by atoms with van der Waals surface area (Å²) in [5.41, 5.74) is 3.68. The highest BCUT2D eigenvalue weighted by atomic mass is 16.5. The molecule has 0 saturated heterocycles. The summed E-state index contributed by atoms with van der Waals surface area (Å²) in [6.45, 7) is 0.534. The number of rotatable bonds is 5. The number of imidazole rings is 1. The van der Waals surface area contributed by atoms with E-state index < -0.39 is 0 Å². The normalized spacial score (nSPS) is 11.0. The van der Waals surface area contributed by atoms with E-state index in [2.05, 4.69) is 19.9 Å². The lowest BCUT2D eigenvalue weighted by atomic mass is 10.1. The number of hydrogen-bond acceptors (Lipinski definition) is 5. The molecule has 4 rings (SSSR count). The summed E-state index contributed by atoms with van der Waals surface area (Å²) in [6.07, 6.45) is 3.84. The molecule has 0 fully saturated rings. The molecule has 2 heterocycles. The number of nitrogens with one attached hydrogen (secondary N) is 1. The van der Waals surface area contributed by atoms with E-state index >= 15 is 0 Å². The zero-order chi connectivity index (χ0) is 18.8. The number of hydrogen-bond donors (Lipinski definition) is 1. The van der Waals surface area contributed by atoms with E-state index in [0.717, 1.165) is 22.6 Å². The Morgan fingerprint density at radius 2 is 2.00 bits per heavy atom. The zero-order valence-electron chi connectivity index (χ0n) is 15.1. The molecule has 0 aliphatic heterocycles. The Hall–Kier alpha value is -3.48. The van der Waals surface area contributed by atoms with Crippen molar-refractivity contribution in [2.24, 2.45) is 0 Å². The Kier molecular flexibility index (Phi) is 4.42. The third-order valence-corrected chi connectivity index (χ3v) is 4.50. The fourth-order valence-electron chi connectivity index (χ4n) is 3.03. The van der Waals surface area contributed by atoms with E-state index in [4.69, 9.17) is 4.74 Å². The third-order valence-electron chi connectivity index (χ3n) is 4.50. The first-order chi connectivity index (χ1) is 13.2. The standard InChI is InChI=1S/C20H19N5O2/c1-25(20(26)14-4-3-5-16-19(14)22-10-9-21-16)11-8-18-23-15-7-6-13(27-2)12-17(15)24-18/h3-7,9-10,12H,8,11H2,1-2H3,(H,23,24). The van der Waals surface area contributed by atoms with Crippen LogP contribution in [-0.4, -0.2) is 51.4 Å². The molecule has 7 heteroatoms. The van der Waals surface area contributed by atoms with Gasteiger partial charge in [-0.05, 0) is 24.3 Å². The Labute approximate surface area is 156 Å². The van der Waals surface area contributed by atoms with E-state index in [1.165, 1.54) is 0 Å². The van der Waals surface area contributed by atoms with Crippen molar-refractivity contribution >= 4 is 28.0 Å². The van der Waals surface area contributed by atoms with Crippen LogP contribution in [0, 0.1) is 0 Å². The Morgan fingerprint density at radius 3 is 2.85 bits per heavy atom. The monoisotopic (exact) mass is 361 g/mol. The van der Waals surface area contributed by atoms with Crippen molar-refractivity contribution < 1.29 is 9.53 Å². The molecule has 0 bridgehead atoms. The van der Waals surface area contributed by atoms with Crippen molar-refractivity contribution in [1.82, 2.24) is 24.8 Å². The molecule has 0 unspecified atom stereocenters. The minimum Gasteiger partial charge on any atom is -0.497 e. The van der Waals surface area contributed by atoms with Gasteiger partial charge in [0, 0.05) is 38.5 Å². The lowest BCUT2D eigenvalue weighted by Gasteiger charge is -2.17. The highest BCUT2D eigenvalue weighted by Crippen LogP contribution is 2.19. The summed E-state index contributed by atoms with van der Waals surface area (Å²) in [7, 11) is 3.42. The number of fused-ring (bicyclic) bond motifs is 2. The van der Waals surface area contributed by atoms with Crippen molar-refractivity contribution in [2.75, 3.05) is 20.7 Å². The lowest BCUT2D eigenvalue weighted by molar-refractivity contribution is 0.0798. The minimum absolute atomic E-state index is 0.0844. The number of methoxy groups -OCH3 is 1. The minimum atomic E-state index is -0.0844. The van der Waals surface area contributed by atoms with E-state index in [0.29, 0.717) is 29.6 Å². The fourth-order valence-corrected chi connectivity index (χ4v) is 3.03. The highest BCUT2D eigenvalue weighted by molar-refractivity contribution is 6.04. The van der Waals surface area contributed by atoms with Crippen molar-refractivity contribution in [3.05, 3.63) is 60.2 Å². The van der Waals surface area contributed by atoms with Crippen LogP contribution in [0.1, 0.15) is 16.2 Å². The fraction of sp³-hybridized carbons (Fsp3) is 0.200. The van der Waals surface area contributed by atoms with E-state index in [1.807, 2.05) is 30.3 Å². The van der Waals surface area contributed by atoms with Crippen LogP contribution in [0.25, 0.3) is 22.1 Å². The lowest BCUT2D eigenvalue weighted by Crippen LogP contribution is -2.29. The van der Waals surface area contributed by atoms with Crippen LogP contribution in [0.5, 0.6) is 5.75 Å². The summed E-state index contributed by atoms with van der Waals surface area (Å²) in [5.74, 6) is 1.52. The molecule has 136 valence electrons. The average Bonchev–Trinajstić information content (AvgIpc) is 3.13. The number of H-pyrrole nitrogens is 1. The number of ether oxygens (including phenoxy) is 1. The van der Waals surface area contributed by atoms with Gasteiger partial charge in [0.1, 0.15) is 17.1 Å². The maximum atomic E-state index is 12.8. The molecular weight excluding hydrogens is 342 g/mol. The first kappa shape index (κ1) is 17.0. The predicted molar refractivity (Wildman–Crippen MR) is 103 cm³/mol. The topological polar surface area (TPSA) is 84.0 Å². The second-order valence-corrected chi connectivity index (χ2v) is 6.27. The van der Waals surface area contributed by atoms with Crippen molar-refractivity contribution in [1.29, 1.82) is 0 Å². The number of carbonyl (C=O) groups is 1. The predicted octanol–water partition coefficient (Wildman–Crippen LogP) is 2.83. The summed E-state index contributed by atoms with van der Waals surface area (Å²) in [4.78, 5) is 30.9. The zero-order valence-corrected chi connectivity index (χ0v) is 15.1. The van der Waals surface area contributed by atoms with Crippen LogP contribution in [0.15, 0.2) is 48.8 Å². The average molecular weight is 361 g/mol. The van der Waals surface area contributed by atoms with Gasteiger partial charge in [0.05, 0.1) is 29.2 Å². The van der Waals surface area contributed by atoms with Crippen molar-refractivity contribution in [2.45, 2.75) is 6.42 Å². The second-order valence-electron chi connectivity index (χ2n) is 6.27. The maximum Gasteiger partial charge on any atom is 0.255 e. The molecule has 2 aromatic carbocycles. The smallest absolute Gasteiger partial charge is 0.255 e. The van der Waals surface area contributed by atoms with Gasteiger partial charge in [-0.2, -0.15) is 0 Å². The number of likely N-dealkylation sites (N-methyl/N-ethyl adjacent to an activating group) is 1. The quantitative estimate of drug-likeness (QED) is 0.591. The number of para-hydroxylation sites is 1. The van der Waals surface area contributed by atoms with E-state index in [-0.39, 0.29) is 5.91 Å². The summed E-state index contributed by atoms with van der Waals surface area (Å²) >= 11 is 0.